The van der Waals surface area contributed by atoms with Crippen molar-refractivity contribution in [1.82, 2.24) is 4.90 Å². The van der Waals surface area contributed by atoms with Gasteiger partial charge in [0, 0.05) is 25.3 Å². The van der Waals surface area contributed by atoms with Crippen molar-refractivity contribution in [3.8, 4) is 0 Å². The molecular formula is C14H15N3O4. The molecule has 1 heterocycles. The van der Waals surface area contributed by atoms with Crippen LogP contribution in [0.3, 0.4) is 0 Å². The Labute approximate surface area is 121 Å². The van der Waals surface area contributed by atoms with Gasteiger partial charge in [0.2, 0.25) is 0 Å². The van der Waals surface area contributed by atoms with Gasteiger partial charge in [-0.1, -0.05) is 0 Å². The molecule has 2 rings (SSSR count). The van der Waals surface area contributed by atoms with Crippen LogP contribution >= 0.6 is 0 Å². The van der Waals surface area contributed by atoms with E-state index in [0.717, 1.165) is 5.69 Å². The molecule has 0 spiro atoms. The zero-order valence-electron chi connectivity index (χ0n) is 11.7. The zero-order chi connectivity index (χ0) is 15.4. The number of carbonyl (C=O) groups is 1. The maximum Gasteiger partial charge on any atom is 0.433 e. The fourth-order valence-electron chi connectivity index (χ4n) is 1.74. The third-order valence-electron chi connectivity index (χ3n) is 2.83. The van der Waals surface area contributed by atoms with E-state index in [0.29, 0.717) is 17.9 Å². The molecule has 0 aliphatic rings. The van der Waals surface area contributed by atoms with E-state index in [1.54, 1.807) is 44.4 Å². The van der Waals surface area contributed by atoms with E-state index in [9.17, 15) is 14.9 Å². The average Bonchev–Trinajstić information content (AvgIpc) is 2.94. The third-order valence-corrected chi connectivity index (χ3v) is 2.83. The Bertz CT molecular complexity index is 646. The molecule has 0 unspecified atom stereocenters. The first-order valence-electron chi connectivity index (χ1n) is 6.26. The number of rotatable bonds is 5. The van der Waals surface area contributed by atoms with Gasteiger partial charge >= 0.3 is 5.88 Å². The van der Waals surface area contributed by atoms with Crippen LogP contribution in [0.15, 0.2) is 40.8 Å². The first-order valence-corrected chi connectivity index (χ1v) is 6.26. The van der Waals surface area contributed by atoms with Crippen LogP contribution in [0, 0.1) is 10.1 Å². The number of benzene rings is 1. The largest absolute Gasteiger partial charge is 0.433 e. The quantitative estimate of drug-likeness (QED) is 0.674. The lowest BCUT2D eigenvalue weighted by atomic mass is 10.2. The summed E-state index contributed by atoms with van der Waals surface area (Å²) in [5, 5.41) is 13.6. The SMILES string of the molecule is CN(C)C(=O)c1ccc(NCc2ccc([N+](=O)[O-])o2)cc1. The molecule has 110 valence electrons. The number of amides is 1. The normalized spacial score (nSPS) is 10.2. The molecule has 0 saturated heterocycles. The van der Waals surface area contributed by atoms with Crippen LogP contribution in [0.5, 0.6) is 0 Å². The van der Waals surface area contributed by atoms with Crippen molar-refractivity contribution < 1.29 is 14.1 Å². The minimum Gasteiger partial charge on any atom is -0.404 e. The lowest BCUT2D eigenvalue weighted by Gasteiger charge is -2.11. The van der Waals surface area contributed by atoms with Crippen LogP contribution in [0.4, 0.5) is 11.6 Å². The summed E-state index contributed by atoms with van der Waals surface area (Å²) in [6.45, 7) is 0.328. The van der Waals surface area contributed by atoms with E-state index in [-0.39, 0.29) is 11.8 Å². The number of nitrogens with one attached hydrogen (secondary N) is 1. The molecular weight excluding hydrogens is 274 g/mol. The van der Waals surface area contributed by atoms with Gasteiger partial charge in [0.25, 0.3) is 5.91 Å². The van der Waals surface area contributed by atoms with Crippen molar-refractivity contribution in [3.63, 3.8) is 0 Å². The Hall–Kier alpha value is -2.83. The number of anilines is 1. The molecule has 1 aromatic carbocycles. The standard InChI is InChI=1S/C14H15N3O4/c1-16(2)14(18)10-3-5-11(6-4-10)15-9-12-7-8-13(21-12)17(19)20/h3-8,15H,9H2,1-2H3. The summed E-state index contributed by atoms with van der Waals surface area (Å²) in [5.74, 6) is 0.122. The Balaban J connectivity index is 1.97. The van der Waals surface area contributed by atoms with Crippen LogP contribution in [0.25, 0.3) is 0 Å². The van der Waals surface area contributed by atoms with E-state index in [1.807, 2.05) is 0 Å². The van der Waals surface area contributed by atoms with Crippen LogP contribution < -0.4 is 5.32 Å². The van der Waals surface area contributed by atoms with Crippen LogP contribution in [0.2, 0.25) is 0 Å². The summed E-state index contributed by atoms with van der Waals surface area (Å²) in [4.78, 5) is 23.2. The monoisotopic (exact) mass is 289 g/mol. The van der Waals surface area contributed by atoms with Crippen LogP contribution in [0.1, 0.15) is 16.1 Å². The molecule has 0 aliphatic carbocycles. The highest BCUT2D eigenvalue weighted by atomic mass is 16.6. The molecule has 2 aromatic rings. The maximum absolute atomic E-state index is 11.7. The first-order chi connectivity index (χ1) is 9.97. The third kappa shape index (κ3) is 3.59. The molecule has 0 atom stereocenters. The molecule has 21 heavy (non-hydrogen) atoms. The Morgan fingerprint density at radius 1 is 1.24 bits per heavy atom. The van der Waals surface area contributed by atoms with E-state index >= 15 is 0 Å². The second-order valence-electron chi connectivity index (χ2n) is 4.63. The summed E-state index contributed by atoms with van der Waals surface area (Å²) < 4.78 is 5.04. The van der Waals surface area contributed by atoms with Crippen molar-refractivity contribution in [2.45, 2.75) is 6.54 Å². The second-order valence-corrected chi connectivity index (χ2v) is 4.63. The van der Waals surface area contributed by atoms with Gasteiger partial charge in [-0.2, -0.15) is 0 Å². The first kappa shape index (κ1) is 14.6. The van der Waals surface area contributed by atoms with Crippen LogP contribution in [-0.4, -0.2) is 29.8 Å². The van der Waals surface area contributed by atoms with E-state index in [4.69, 9.17) is 4.42 Å². The minimum absolute atomic E-state index is 0.0665. The summed E-state index contributed by atoms with van der Waals surface area (Å²) in [6, 6.07) is 9.84. The molecule has 0 aliphatic heterocycles. The lowest BCUT2D eigenvalue weighted by Crippen LogP contribution is -2.21. The van der Waals surface area contributed by atoms with Crippen molar-refractivity contribution in [2.75, 3.05) is 19.4 Å². The van der Waals surface area contributed by atoms with E-state index in [1.165, 1.54) is 11.0 Å². The van der Waals surface area contributed by atoms with E-state index in [2.05, 4.69) is 5.32 Å². The van der Waals surface area contributed by atoms with Crippen molar-refractivity contribution >= 4 is 17.5 Å². The van der Waals surface area contributed by atoms with Gasteiger partial charge in [-0.25, -0.2) is 0 Å². The van der Waals surface area contributed by atoms with Crippen molar-refractivity contribution in [1.29, 1.82) is 0 Å². The topological polar surface area (TPSA) is 88.6 Å². The highest BCUT2D eigenvalue weighted by Crippen LogP contribution is 2.17. The molecule has 7 heteroatoms. The van der Waals surface area contributed by atoms with Crippen LogP contribution in [-0.2, 0) is 6.54 Å². The molecule has 1 aromatic heterocycles. The molecule has 0 fully saturated rings. The van der Waals surface area contributed by atoms with Gasteiger partial charge in [0.15, 0.2) is 0 Å². The molecule has 0 radical (unpaired) electrons. The number of furan rings is 1. The smallest absolute Gasteiger partial charge is 0.404 e. The summed E-state index contributed by atoms with van der Waals surface area (Å²) in [7, 11) is 3.39. The number of hydrogen-bond acceptors (Lipinski definition) is 5. The molecule has 0 bridgehead atoms. The number of nitrogens with zero attached hydrogens (tertiary/aromatic N) is 2. The van der Waals surface area contributed by atoms with Gasteiger partial charge in [-0.15, -0.1) is 0 Å². The summed E-state index contributed by atoms with van der Waals surface area (Å²) in [6.07, 6.45) is 0. The predicted octanol–water partition coefficient (Wildman–Crippen LogP) is 2.50. The van der Waals surface area contributed by atoms with E-state index < -0.39 is 4.92 Å². The highest BCUT2D eigenvalue weighted by Gasteiger charge is 2.11. The van der Waals surface area contributed by atoms with Crippen molar-refractivity contribution in [3.05, 3.63) is 57.8 Å². The fraction of sp³-hybridized carbons (Fsp3) is 0.214. The predicted molar refractivity (Wildman–Crippen MR) is 77.1 cm³/mol. The Kier molecular flexibility index (Phi) is 4.22. The number of carbonyl (C=O) groups excluding carboxylic acids is 1. The van der Waals surface area contributed by atoms with Gasteiger partial charge in [0.05, 0.1) is 12.6 Å². The highest BCUT2D eigenvalue weighted by molar-refractivity contribution is 5.94. The van der Waals surface area contributed by atoms with Gasteiger partial charge < -0.3 is 14.6 Å². The molecule has 1 amide bonds. The maximum atomic E-state index is 11.7. The minimum atomic E-state index is -0.578. The Morgan fingerprint density at radius 3 is 2.43 bits per heavy atom. The van der Waals surface area contributed by atoms with Crippen molar-refractivity contribution in [2.24, 2.45) is 0 Å². The fourth-order valence-corrected chi connectivity index (χ4v) is 1.74. The second kappa shape index (κ2) is 6.08. The van der Waals surface area contributed by atoms with Gasteiger partial charge in [-0.05, 0) is 30.3 Å². The number of nitro groups is 1. The molecule has 1 N–H and O–H groups in total. The average molecular weight is 289 g/mol. The lowest BCUT2D eigenvalue weighted by molar-refractivity contribution is -0.402. The van der Waals surface area contributed by atoms with Gasteiger partial charge in [0.1, 0.15) is 10.7 Å². The summed E-state index contributed by atoms with van der Waals surface area (Å²) in [5.41, 5.74) is 1.39. The van der Waals surface area contributed by atoms with Gasteiger partial charge in [-0.3, -0.25) is 14.9 Å². The summed E-state index contributed by atoms with van der Waals surface area (Å²) >= 11 is 0. The molecule has 0 saturated carbocycles. The zero-order valence-corrected chi connectivity index (χ0v) is 11.7. The molecule has 7 nitrogen and oxygen atoms in total. The Morgan fingerprint density at radius 2 is 1.90 bits per heavy atom. The number of hydrogen-bond donors (Lipinski definition) is 1.